The van der Waals surface area contributed by atoms with E-state index in [1.807, 2.05) is 0 Å². The first-order valence-electron chi connectivity index (χ1n) is 10.3. The number of ether oxygens (including phenoxy) is 1. The van der Waals surface area contributed by atoms with Crippen LogP contribution in [-0.2, 0) is 4.79 Å². The Balaban J connectivity index is 1.38. The quantitative estimate of drug-likeness (QED) is 0.544. The highest BCUT2D eigenvalue weighted by Crippen LogP contribution is 2.27. The number of amides is 3. The zero-order chi connectivity index (χ0) is 22.2. The lowest BCUT2D eigenvalue weighted by atomic mass is 9.87. The van der Waals surface area contributed by atoms with Gasteiger partial charge in [0.25, 0.3) is 11.8 Å². The van der Waals surface area contributed by atoms with Gasteiger partial charge in [-0.2, -0.15) is 0 Å². The minimum Gasteiger partial charge on any atom is -0.490 e. The summed E-state index contributed by atoms with van der Waals surface area (Å²) in [7, 11) is 0. The number of hydrogen-bond donors (Lipinski definition) is 3. The van der Waals surface area contributed by atoms with Crippen LogP contribution in [0, 0.1) is 5.92 Å². The van der Waals surface area contributed by atoms with E-state index in [0.717, 1.165) is 25.7 Å². The molecule has 1 fully saturated rings. The van der Waals surface area contributed by atoms with Crippen LogP contribution in [0.2, 0.25) is 5.02 Å². The Hall–Kier alpha value is -3.06. The van der Waals surface area contributed by atoms with E-state index in [9.17, 15) is 14.4 Å². The lowest BCUT2D eigenvalue weighted by Crippen LogP contribution is -2.34. The molecule has 1 aliphatic rings. The van der Waals surface area contributed by atoms with Crippen LogP contribution in [0.4, 0.5) is 0 Å². The summed E-state index contributed by atoms with van der Waals surface area (Å²) in [5, 5.41) is 6.08. The summed E-state index contributed by atoms with van der Waals surface area (Å²) in [6.45, 7) is 0.613. The molecule has 164 valence electrons. The van der Waals surface area contributed by atoms with E-state index in [1.54, 1.807) is 48.5 Å². The summed E-state index contributed by atoms with van der Waals surface area (Å²) in [6.07, 6.45) is 3.12. The van der Waals surface area contributed by atoms with Crippen molar-refractivity contribution >= 4 is 29.3 Å². The number of carbonyl (C=O) groups is 3. The zero-order valence-corrected chi connectivity index (χ0v) is 17.9. The largest absolute Gasteiger partial charge is 0.490 e. The highest BCUT2D eigenvalue weighted by atomic mass is 35.5. The second-order valence-electron chi connectivity index (χ2n) is 7.54. The van der Waals surface area contributed by atoms with Gasteiger partial charge in [-0.25, -0.2) is 0 Å². The minimum atomic E-state index is -0.238. The Bertz CT molecular complexity index is 907. The van der Waals surface area contributed by atoms with E-state index in [-0.39, 0.29) is 29.7 Å². The molecule has 2 aromatic rings. The molecule has 0 aromatic heterocycles. The molecule has 0 spiro atoms. The van der Waals surface area contributed by atoms with Crippen molar-refractivity contribution in [2.75, 3.05) is 13.1 Å². The van der Waals surface area contributed by atoms with Crippen LogP contribution in [-0.4, -0.2) is 36.9 Å². The maximum Gasteiger partial charge on any atom is 0.251 e. The van der Waals surface area contributed by atoms with Crippen molar-refractivity contribution in [2.45, 2.75) is 31.8 Å². The Labute approximate surface area is 186 Å². The van der Waals surface area contributed by atoms with Gasteiger partial charge in [-0.3, -0.25) is 14.4 Å². The molecule has 3 rings (SSSR count). The Morgan fingerprint density at radius 2 is 1.32 bits per heavy atom. The molecular weight excluding hydrogens is 418 g/mol. The van der Waals surface area contributed by atoms with Gasteiger partial charge < -0.3 is 21.1 Å². The topological polar surface area (TPSA) is 111 Å². The first-order valence-corrected chi connectivity index (χ1v) is 10.7. The van der Waals surface area contributed by atoms with Gasteiger partial charge >= 0.3 is 0 Å². The van der Waals surface area contributed by atoms with E-state index in [4.69, 9.17) is 22.1 Å². The lowest BCUT2D eigenvalue weighted by Gasteiger charge is -2.27. The van der Waals surface area contributed by atoms with Gasteiger partial charge in [0, 0.05) is 35.2 Å². The third kappa shape index (κ3) is 6.72. The smallest absolute Gasteiger partial charge is 0.251 e. The van der Waals surface area contributed by atoms with E-state index in [2.05, 4.69) is 10.6 Å². The van der Waals surface area contributed by atoms with Crippen LogP contribution in [0.5, 0.6) is 5.75 Å². The van der Waals surface area contributed by atoms with Crippen LogP contribution in [0.3, 0.4) is 0 Å². The predicted octanol–water partition coefficient (Wildman–Crippen LogP) is 2.92. The van der Waals surface area contributed by atoms with Crippen molar-refractivity contribution < 1.29 is 19.1 Å². The SMILES string of the molecule is NC(=O)C1CCC(Oc2ccc(C(=O)NCCNC(=O)c3ccc(Cl)cc3)cc2)CC1. The highest BCUT2D eigenvalue weighted by molar-refractivity contribution is 6.30. The Kier molecular flexibility index (Phi) is 7.89. The summed E-state index contributed by atoms with van der Waals surface area (Å²) >= 11 is 5.81. The molecule has 1 saturated carbocycles. The summed E-state index contributed by atoms with van der Waals surface area (Å²) in [6, 6.07) is 13.5. The van der Waals surface area contributed by atoms with E-state index >= 15 is 0 Å². The number of nitrogens with two attached hydrogens (primary N) is 1. The summed E-state index contributed by atoms with van der Waals surface area (Å²) in [5.41, 5.74) is 6.37. The van der Waals surface area contributed by atoms with Crippen molar-refractivity contribution in [1.82, 2.24) is 10.6 Å². The molecule has 1 aliphatic carbocycles. The number of carbonyl (C=O) groups excluding carboxylic acids is 3. The van der Waals surface area contributed by atoms with Crippen molar-refractivity contribution in [3.63, 3.8) is 0 Å². The molecule has 4 N–H and O–H groups in total. The minimum absolute atomic E-state index is 0.0538. The van der Waals surface area contributed by atoms with Crippen LogP contribution in [0.1, 0.15) is 46.4 Å². The predicted molar refractivity (Wildman–Crippen MR) is 118 cm³/mol. The number of rotatable bonds is 8. The van der Waals surface area contributed by atoms with Gasteiger partial charge in [-0.15, -0.1) is 0 Å². The Morgan fingerprint density at radius 3 is 1.81 bits per heavy atom. The van der Waals surface area contributed by atoms with Crippen molar-refractivity contribution in [2.24, 2.45) is 11.7 Å². The maximum atomic E-state index is 12.3. The van der Waals surface area contributed by atoms with E-state index in [1.165, 1.54) is 0 Å². The average molecular weight is 444 g/mol. The van der Waals surface area contributed by atoms with Gasteiger partial charge in [0.2, 0.25) is 5.91 Å². The van der Waals surface area contributed by atoms with Gasteiger partial charge in [0.1, 0.15) is 5.75 Å². The number of halogens is 1. The lowest BCUT2D eigenvalue weighted by molar-refractivity contribution is -0.123. The Morgan fingerprint density at radius 1 is 0.839 bits per heavy atom. The molecule has 0 radical (unpaired) electrons. The van der Waals surface area contributed by atoms with Crippen molar-refractivity contribution in [3.05, 3.63) is 64.7 Å². The second-order valence-corrected chi connectivity index (χ2v) is 7.97. The summed E-state index contributed by atoms with van der Waals surface area (Å²) in [5.74, 6) is -0.0545. The van der Waals surface area contributed by atoms with E-state index < -0.39 is 0 Å². The first kappa shape index (κ1) is 22.6. The zero-order valence-electron chi connectivity index (χ0n) is 17.1. The third-order valence-electron chi connectivity index (χ3n) is 5.30. The number of hydrogen-bond acceptors (Lipinski definition) is 4. The summed E-state index contributed by atoms with van der Waals surface area (Å²) < 4.78 is 5.95. The molecule has 3 amide bonds. The molecule has 0 saturated heterocycles. The van der Waals surface area contributed by atoms with Crippen molar-refractivity contribution in [3.8, 4) is 5.75 Å². The third-order valence-corrected chi connectivity index (χ3v) is 5.55. The molecular formula is C23H26ClN3O4. The molecule has 31 heavy (non-hydrogen) atoms. The fourth-order valence-corrected chi connectivity index (χ4v) is 3.63. The number of benzene rings is 2. The highest BCUT2D eigenvalue weighted by Gasteiger charge is 2.25. The fraction of sp³-hybridized carbons (Fsp3) is 0.348. The normalized spacial score (nSPS) is 18.1. The standard InChI is InChI=1S/C23H26ClN3O4/c24-18-7-1-16(2-8-18)22(29)26-13-14-27-23(30)17-5-11-20(12-6-17)31-19-9-3-15(4-10-19)21(25)28/h1-2,5-8,11-12,15,19H,3-4,9-10,13-14H2,(H2,25,28)(H,26,29)(H,27,30). The average Bonchev–Trinajstić information content (AvgIpc) is 2.78. The van der Waals surface area contributed by atoms with Crippen molar-refractivity contribution in [1.29, 1.82) is 0 Å². The molecule has 0 aliphatic heterocycles. The van der Waals surface area contributed by atoms with Gasteiger partial charge in [-0.05, 0) is 74.2 Å². The monoisotopic (exact) mass is 443 g/mol. The molecule has 0 unspecified atom stereocenters. The molecule has 2 aromatic carbocycles. The van der Waals surface area contributed by atoms with Gasteiger partial charge in [0.05, 0.1) is 6.10 Å². The maximum absolute atomic E-state index is 12.3. The summed E-state index contributed by atoms with van der Waals surface area (Å²) in [4.78, 5) is 35.5. The van der Waals surface area contributed by atoms with E-state index in [0.29, 0.717) is 35.0 Å². The molecule has 0 bridgehead atoms. The fourth-order valence-electron chi connectivity index (χ4n) is 3.50. The molecule has 0 heterocycles. The molecule has 8 heteroatoms. The molecule has 7 nitrogen and oxygen atoms in total. The van der Waals surface area contributed by atoms with Gasteiger partial charge in [-0.1, -0.05) is 11.6 Å². The molecule has 0 atom stereocenters. The second kappa shape index (κ2) is 10.8. The van der Waals surface area contributed by atoms with Crippen LogP contribution < -0.4 is 21.1 Å². The number of primary amides is 1. The van der Waals surface area contributed by atoms with Crippen LogP contribution in [0.25, 0.3) is 0 Å². The first-order chi connectivity index (χ1) is 14.9. The number of nitrogens with one attached hydrogen (secondary N) is 2. The van der Waals surface area contributed by atoms with Crippen LogP contribution in [0.15, 0.2) is 48.5 Å². The van der Waals surface area contributed by atoms with Gasteiger partial charge in [0.15, 0.2) is 0 Å². The van der Waals surface area contributed by atoms with Crippen LogP contribution >= 0.6 is 11.6 Å².